The van der Waals surface area contributed by atoms with Crippen molar-refractivity contribution in [3.05, 3.63) is 35.6 Å². The number of ether oxygens (including phenoxy) is 1. The maximum atomic E-state index is 13.8. The van der Waals surface area contributed by atoms with E-state index in [1.807, 2.05) is 6.07 Å². The van der Waals surface area contributed by atoms with Gasteiger partial charge in [0.2, 0.25) is 0 Å². The molecule has 2 atom stereocenters. The maximum absolute atomic E-state index is 13.8. The van der Waals surface area contributed by atoms with Crippen LogP contribution in [0.15, 0.2) is 24.3 Å². The monoisotopic (exact) mass is 280 g/mol. The standard InChI is InChI=1S/C16H25FN2O/c1-12(10-19-8-9-20-11-16(19,2)3)15(18)13-6-4-5-7-14(13)17/h4-7,12,15H,8-11,18H2,1-3H3. The van der Waals surface area contributed by atoms with Gasteiger partial charge in [-0.05, 0) is 25.8 Å². The topological polar surface area (TPSA) is 38.5 Å². The molecular weight excluding hydrogens is 255 g/mol. The van der Waals surface area contributed by atoms with E-state index in [-0.39, 0.29) is 23.3 Å². The number of rotatable bonds is 4. The number of halogens is 1. The molecule has 2 N–H and O–H groups in total. The Morgan fingerprint density at radius 2 is 2.10 bits per heavy atom. The van der Waals surface area contributed by atoms with Crippen LogP contribution in [0.4, 0.5) is 4.39 Å². The van der Waals surface area contributed by atoms with Crippen molar-refractivity contribution < 1.29 is 9.13 Å². The number of benzene rings is 1. The molecule has 4 heteroatoms. The molecule has 0 aliphatic carbocycles. The third kappa shape index (κ3) is 3.37. The van der Waals surface area contributed by atoms with Gasteiger partial charge in [0.05, 0.1) is 13.2 Å². The van der Waals surface area contributed by atoms with E-state index in [2.05, 4.69) is 25.7 Å². The van der Waals surface area contributed by atoms with Gasteiger partial charge < -0.3 is 10.5 Å². The predicted octanol–water partition coefficient (Wildman–Crippen LogP) is 2.57. The lowest BCUT2D eigenvalue weighted by Crippen LogP contribution is -2.54. The van der Waals surface area contributed by atoms with E-state index in [0.29, 0.717) is 5.56 Å². The molecule has 1 aliphatic heterocycles. The third-order valence-electron chi connectivity index (χ3n) is 4.20. The Balaban J connectivity index is 2.04. The van der Waals surface area contributed by atoms with Crippen LogP contribution in [-0.2, 0) is 4.74 Å². The minimum absolute atomic E-state index is 0.0153. The fraction of sp³-hybridized carbons (Fsp3) is 0.625. The van der Waals surface area contributed by atoms with E-state index in [0.717, 1.165) is 26.3 Å². The second-order valence-electron chi connectivity index (χ2n) is 6.34. The number of hydrogen-bond acceptors (Lipinski definition) is 3. The highest BCUT2D eigenvalue weighted by Crippen LogP contribution is 2.26. The minimum Gasteiger partial charge on any atom is -0.378 e. The predicted molar refractivity (Wildman–Crippen MR) is 79.0 cm³/mol. The molecule has 0 amide bonds. The van der Waals surface area contributed by atoms with Crippen molar-refractivity contribution in [2.45, 2.75) is 32.4 Å². The van der Waals surface area contributed by atoms with Crippen molar-refractivity contribution in [1.29, 1.82) is 0 Å². The van der Waals surface area contributed by atoms with Gasteiger partial charge in [-0.25, -0.2) is 4.39 Å². The van der Waals surface area contributed by atoms with Gasteiger partial charge in [0.25, 0.3) is 0 Å². The van der Waals surface area contributed by atoms with Crippen LogP contribution >= 0.6 is 0 Å². The summed E-state index contributed by atoms with van der Waals surface area (Å²) in [5, 5.41) is 0. The molecule has 1 aromatic carbocycles. The van der Waals surface area contributed by atoms with Crippen LogP contribution in [0.25, 0.3) is 0 Å². The maximum Gasteiger partial charge on any atom is 0.127 e. The average molecular weight is 280 g/mol. The third-order valence-corrected chi connectivity index (χ3v) is 4.20. The SMILES string of the molecule is CC(CN1CCOCC1(C)C)C(N)c1ccccc1F. The van der Waals surface area contributed by atoms with Crippen LogP contribution in [0.3, 0.4) is 0 Å². The lowest BCUT2D eigenvalue weighted by atomic mass is 9.92. The van der Waals surface area contributed by atoms with Crippen LogP contribution in [-0.4, -0.2) is 36.7 Å². The average Bonchev–Trinajstić information content (AvgIpc) is 2.41. The van der Waals surface area contributed by atoms with Crippen LogP contribution in [0.5, 0.6) is 0 Å². The van der Waals surface area contributed by atoms with Gasteiger partial charge in [-0.1, -0.05) is 25.1 Å². The van der Waals surface area contributed by atoms with Gasteiger partial charge in [0.15, 0.2) is 0 Å². The Morgan fingerprint density at radius 1 is 1.40 bits per heavy atom. The molecule has 0 saturated carbocycles. The van der Waals surface area contributed by atoms with Crippen molar-refractivity contribution >= 4 is 0 Å². The van der Waals surface area contributed by atoms with Crippen LogP contribution in [0.2, 0.25) is 0 Å². The molecule has 0 aromatic heterocycles. The molecule has 0 radical (unpaired) electrons. The van der Waals surface area contributed by atoms with E-state index in [9.17, 15) is 4.39 Å². The van der Waals surface area contributed by atoms with Gasteiger partial charge in [-0.15, -0.1) is 0 Å². The van der Waals surface area contributed by atoms with Gasteiger partial charge in [0, 0.05) is 30.2 Å². The molecule has 112 valence electrons. The Hall–Kier alpha value is -0.970. The fourth-order valence-corrected chi connectivity index (χ4v) is 2.74. The van der Waals surface area contributed by atoms with Crippen molar-refractivity contribution in [2.24, 2.45) is 11.7 Å². The van der Waals surface area contributed by atoms with Crippen LogP contribution in [0.1, 0.15) is 32.4 Å². The van der Waals surface area contributed by atoms with E-state index >= 15 is 0 Å². The van der Waals surface area contributed by atoms with Gasteiger partial charge in [-0.3, -0.25) is 4.90 Å². The number of nitrogens with two attached hydrogens (primary N) is 1. The zero-order chi connectivity index (χ0) is 14.8. The van der Waals surface area contributed by atoms with Crippen molar-refractivity contribution in [3.8, 4) is 0 Å². The highest BCUT2D eigenvalue weighted by Gasteiger charge is 2.32. The Morgan fingerprint density at radius 3 is 2.75 bits per heavy atom. The number of hydrogen-bond donors (Lipinski definition) is 1. The van der Waals surface area contributed by atoms with Gasteiger partial charge in [-0.2, -0.15) is 0 Å². The van der Waals surface area contributed by atoms with Crippen molar-refractivity contribution in [1.82, 2.24) is 4.90 Å². The number of nitrogens with zero attached hydrogens (tertiary/aromatic N) is 1. The quantitative estimate of drug-likeness (QED) is 0.921. The Labute approximate surface area is 120 Å². The largest absolute Gasteiger partial charge is 0.378 e. The first-order valence-corrected chi connectivity index (χ1v) is 7.24. The molecule has 2 unspecified atom stereocenters. The molecule has 2 rings (SSSR count). The molecule has 1 heterocycles. The van der Waals surface area contributed by atoms with Gasteiger partial charge in [0.1, 0.15) is 5.82 Å². The second kappa shape index (κ2) is 6.20. The molecule has 0 bridgehead atoms. The summed E-state index contributed by atoms with van der Waals surface area (Å²) < 4.78 is 19.3. The molecule has 0 spiro atoms. The van der Waals surface area contributed by atoms with E-state index in [1.165, 1.54) is 6.07 Å². The summed E-state index contributed by atoms with van der Waals surface area (Å²) in [5.74, 6) is -0.0302. The Bertz CT molecular complexity index is 450. The summed E-state index contributed by atoms with van der Waals surface area (Å²) in [6, 6.07) is 6.50. The summed E-state index contributed by atoms with van der Waals surface area (Å²) in [6.07, 6.45) is 0. The summed E-state index contributed by atoms with van der Waals surface area (Å²) in [4.78, 5) is 2.39. The molecule has 1 aliphatic rings. The molecule has 1 saturated heterocycles. The zero-order valence-electron chi connectivity index (χ0n) is 12.6. The van der Waals surface area contributed by atoms with Crippen molar-refractivity contribution in [3.63, 3.8) is 0 Å². The second-order valence-corrected chi connectivity index (χ2v) is 6.34. The van der Waals surface area contributed by atoms with Crippen LogP contribution < -0.4 is 5.73 Å². The molecule has 20 heavy (non-hydrogen) atoms. The highest BCUT2D eigenvalue weighted by molar-refractivity contribution is 5.21. The fourth-order valence-electron chi connectivity index (χ4n) is 2.74. The first-order chi connectivity index (χ1) is 9.42. The summed E-state index contributed by atoms with van der Waals surface area (Å²) in [5.41, 5.74) is 6.87. The molecular formula is C16H25FN2O. The smallest absolute Gasteiger partial charge is 0.127 e. The van der Waals surface area contributed by atoms with Crippen molar-refractivity contribution in [2.75, 3.05) is 26.3 Å². The summed E-state index contributed by atoms with van der Waals surface area (Å²) in [6.45, 7) is 9.68. The molecule has 3 nitrogen and oxygen atoms in total. The lowest BCUT2D eigenvalue weighted by Gasteiger charge is -2.44. The molecule has 1 fully saturated rings. The first kappa shape index (κ1) is 15.4. The van der Waals surface area contributed by atoms with E-state index in [4.69, 9.17) is 10.5 Å². The number of morpholine rings is 1. The van der Waals surface area contributed by atoms with Crippen LogP contribution in [0, 0.1) is 11.7 Å². The van der Waals surface area contributed by atoms with Gasteiger partial charge >= 0.3 is 0 Å². The first-order valence-electron chi connectivity index (χ1n) is 7.24. The highest BCUT2D eigenvalue weighted by atomic mass is 19.1. The zero-order valence-corrected chi connectivity index (χ0v) is 12.6. The minimum atomic E-state index is -0.283. The van der Waals surface area contributed by atoms with E-state index in [1.54, 1.807) is 12.1 Å². The van der Waals surface area contributed by atoms with E-state index < -0.39 is 0 Å². The normalized spacial score (nSPS) is 22.4. The lowest BCUT2D eigenvalue weighted by molar-refractivity contribution is -0.0575. The summed E-state index contributed by atoms with van der Waals surface area (Å²) in [7, 11) is 0. The molecule has 1 aromatic rings. The Kier molecular flexibility index (Phi) is 4.78. The summed E-state index contributed by atoms with van der Waals surface area (Å²) >= 11 is 0.